The van der Waals surface area contributed by atoms with Crippen molar-refractivity contribution in [2.75, 3.05) is 0 Å². The maximum atomic E-state index is 11.3. The summed E-state index contributed by atoms with van der Waals surface area (Å²) in [5, 5.41) is 1.72. The molecule has 0 amide bonds. The van der Waals surface area contributed by atoms with Crippen LogP contribution in [-0.2, 0) is 9.59 Å². The maximum Gasteiger partial charge on any atom is 0.308 e. The average molecular weight is 312 g/mol. The fourth-order valence-electron chi connectivity index (χ4n) is 2.51. The first-order chi connectivity index (χ1) is 10.8. The number of furan rings is 1. The van der Waals surface area contributed by atoms with Gasteiger partial charge in [0.05, 0.1) is 0 Å². The van der Waals surface area contributed by atoms with Crippen molar-refractivity contribution in [2.24, 2.45) is 0 Å². The van der Waals surface area contributed by atoms with Gasteiger partial charge in [-0.05, 0) is 43.2 Å². The van der Waals surface area contributed by atoms with Gasteiger partial charge in [0.25, 0.3) is 0 Å². The second-order valence-electron chi connectivity index (χ2n) is 5.52. The summed E-state index contributed by atoms with van der Waals surface area (Å²) in [7, 11) is 0. The van der Waals surface area contributed by atoms with Gasteiger partial charge in [-0.15, -0.1) is 0 Å². The molecule has 0 N–H and O–H groups in total. The summed E-state index contributed by atoms with van der Waals surface area (Å²) in [5.74, 6) is -0.632. The van der Waals surface area contributed by atoms with E-state index >= 15 is 0 Å². The maximum absolute atomic E-state index is 11.3. The highest BCUT2D eigenvalue weighted by Gasteiger charge is 2.17. The third kappa shape index (κ3) is 2.77. The van der Waals surface area contributed by atoms with Gasteiger partial charge in [0.1, 0.15) is 11.2 Å². The zero-order valence-corrected chi connectivity index (χ0v) is 13.4. The fraction of sp³-hybridized carbons (Fsp3) is 0.222. The van der Waals surface area contributed by atoms with Crippen molar-refractivity contribution >= 4 is 33.9 Å². The lowest BCUT2D eigenvalue weighted by atomic mass is 10.1. The summed E-state index contributed by atoms with van der Waals surface area (Å²) in [6, 6.07) is 7.22. The topological polar surface area (TPSA) is 65.7 Å². The van der Waals surface area contributed by atoms with Crippen LogP contribution in [0.3, 0.4) is 0 Å². The second-order valence-corrected chi connectivity index (χ2v) is 5.52. The highest BCUT2D eigenvalue weighted by atomic mass is 16.6. The van der Waals surface area contributed by atoms with Gasteiger partial charge < -0.3 is 13.9 Å². The molecule has 0 bridgehead atoms. The Morgan fingerprint density at radius 2 is 1.26 bits per heavy atom. The van der Waals surface area contributed by atoms with Gasteiger partial charge in [-0.2, -0.15) is 0 Å². The number of carbonyl (C=O) groups is 2. The molecule has 0 atom stereocenters. The highest BCUT2D eigenvalue weighted by molar-refractivity contribution is 6.06. The van der Waals surface area contributed by atoms with E-state index in [4.69, 9.17) is 13.9 Å². The van der Waals surface area contributed by atoms with E-state index in [1.807, 2.05) is 26.0 Å². The fourth-order valence-corrected chi connectivity index (χ4v) is 2.51. The van der Waals surface area contributed by atoms with Crippen LogP contribution in [0.25, 0.3) is 21.9 Å². The van der Waals surface area contributed by atoms with Crippen LogP contribution < -0.4 is 9.47 Å². The molecule has 5 heteroatoms. The Kier molecular flexibility index (Phi) is 3.56. The first-order valence-corrected chi connectivity index (χ1v) is 7.19. The summed E-state index contributed by atoms with van der Waals surface area (Å²) in [6.45, 7) is 6.61. The number of benzene rings is 2. The van der Waals surface area contributed by atoms with Crippen LogP contribution in [0.4, 0.5) is 0 Å². The smallest absolute Gasteiger partial charge is 0.308 e. The number of hydrogen-bond donors (Lipinski definition) is 0. The largest absolute Gasteiger partial charge is 0.456 e. The molecule has 0 aliphatic carbocycles. The molecule has 0 saturated heterocycles. The van der Waals surface area contributed by atoms with Crippen molar-refractivity contribution in [3.8, 4) is 11.5 Å². The molecule has 0 aliphatic heterocycles. The Hall–Kier alpha value is -2.82. The van der Waals surface area contributed by atoms with Crippen LogP contribution in [0, 0.1) is 13.8 Å². The van der Waals surface area contributed by atoms with Crippen LogP contribution in [-0.4, -0.2) is 11.9 Å². The molecule has 3 aromatic rings. The Labute approximate surface area is 132 Å². The SMILES string of the molecule is CC(=O)Oc1cc2oc3cc(C)c(C)cc3c2cc1OC(C)=O. The van der Waals surface area contributed by atoms with E-state index in [0.29, 0.717) is 5.58 Å². The van der Waals surface area contributed by atoms with Gasteiger partial charge in [-0.3, -0.25) is 9.59 Å². The number of rotatable bonds is 2. The molecule has 0 fully saturated rings. The van der Waals surface area contributed by atoms with E-state index in [2.05, 4.69) is 0 Å². The van der Waals surface area contributed by atoms with E-state index in [1.54, 1.807) is 12.1 Å². The Morgan fingerprint density at radius 1 is 0.783 bits per heavy atom. The molecule has 23 heavy (non-hydrogen) atoms. The van der Waals surface area contributed by atoms with Crippen molar-refractivity contribution < 1.29 is 23.5 Å². The zero-order valence-electron chi connectivity index (χ0n) is 13.4. The molecule has 0 saturated carbocycles. The lowest BCUT2D eigenvalue weighted by molar-refractivity contribution is -0.134. The molecule has 0 unspecified atom stereocenters. The molecule has 0 aliphatic rings. The van der Waals surface area contributed by atoms with Crippen LogP contribution in [0.1, 0.15) is 25.0 Å². The molecular formula is C18H16O5. The molecular weight excluding hydrogens is 296 g/mol. The van der Waals surface area contributed by atoms with E-state index < -0.39 is 11.9 Å². The first-order valence-electron chi connectivity index (χ1n) is 7.19. The van der Waals surface area contributed by atoms with Gasteiger partial charge >= 0.3 is 11.9 Å². The van der Waals surface area contributed by atoms with Crippen molar-refractivity contribution in [2.45, 2.75) is 27.7 Å². The van der Waals surface area contributed by atoms with Crippen LogP contribution in [0.2, 0.25) is 0 Å². The second kappa shape index (κ2) is 5.43. The average Bonchev–Trinajstić information content (AvgIpc) is 2.75. The molecule has 118 valence electrons. The number of fused-ring (bicyclic) bond motifs is 3. The summed E-state index contributed by atoms with van der Waals surface area (Å²) in [4.78, 5) is 22.6. The van der Waals surface area contributed by atoms with Crippen LogP contribution in [0.15, 0.2) is 28.7 Å². The molecule has 0 spiro atoms. The molecule has 2 aromatic carbocycles. The number of ether oxygens (including phenoxy) is 2. The highest BCUT2D eigenvalue weighted by Crippen LogP contribution is 2.38. The van der Waals surface area contributed by atoms with Gasteiger partial charge in [0, 0.05) is 30.7 Å². The summed E-state index contributed by atoms with van der Waals surface area (Å²) < 4.78 is 16.1. The number of esters is 2. The number of hydrogen-bond acceptors (Lipinski definition) is 5. The standard InChI is InChI=1S/C18H16O5/c1-9-5-13-14-7-17(21-11(3)19)18(22-12(4)20)8-16(14)23-15(13)6-10(9)2/h5-8H,1-4H3. The quantitative estimate of drug-likeness (QED) is 0.527. The minimum Gasteiger partial charge on any atom is -0.456 e. The predicted molar refractivity (Wildman–Crippen MR) is 85.8 cm³/mol. The molecule has 1 aromatic heterocycles. The van der Waals surface area contributed by atoms with Gasteiger partial charge in [0.2, 0.25) is 0 Å². The van der Waals surface area contributed by atoms with Crippen LogP contribution in [0.5, 0.6) is 11.5 Å². The monoisotopic (exact) mass is 312 g/mol. The van der Waals surface area contributed by atoms with Gasteiger partial charge in [-0.25, -0.2) is 0 Å². The summed E-state index contributed by atoms with van der Waals surface area (Å²) in [5.41, 5.74) is 3.56. The lowest BCUT2D eigenvalue weighted by Crippen LogP contribution is -2.07. The van der Waals surface area contributed by atoms with Crippen molar-refractivity contribution in [3.63, 3.8) is 0 Å². The van der Waals surface area contributed by atoms with E-state index in [-0.39, 0.29) is 11.5 Å². The van der Waals surface area contributed by atoms with E-state index in [9.17, 15) is 9.59 Å². The number of carbonyl (C=O) groups excluding carboxylic acids is 2. The summed E-state index contributed by atoms with van der Waals surface area (Å²) in [6.07, 6.45) is 0. The van der Waals surface area contributed by atoms with E-state index in [0.717, 1.165) is 27.5 Å². The minimum absolute atomic E-state index is 0.160. The third-order valence-electron chi connectivity index (χ3n) is 3.66. The van der Waals surface area contributed by atoms with Gasteiger partial charge in [-0.1, -0.05) is 0 Å². The normalized spacial score (nSPS) is 11.0. The lowest BCUT2D eigenvalue weighted by Gasteiger charge is -2.08. The molecule has 1 heterocycles. The molecule has 3 rings (SSSR count). The van der Waals surface area contributed by atoms with Crippen molar-refractivity contribution in [3.05, 3.63) is 35.4 Å². The van der Waals surface area contributed by atoms with E-state index in [1.165, 1.54) is 13.8 Å². The predicted octanol–water partition coefficient (Wildman–Crippen LogP) is 4.05. The zero-order chi connectivity index (χ0) is 16.7. The Morgan fingerprint density at radius 3 is 1.87 bits per heavy atom. The first kappa shape index (κ1) is 15.1. The summed E-state index contributed by atoms with van der Waals surface area (Å²) >= 11 is 0. The van der Waals surface area contributed by atoms with Crippen LogP contribution >= 0.6 is 0 Å². The Balaban J connectivity index is 2.29. The van der Waals surface area contributed by atoms with Crippen molar-refractivity contribution in [1.82, 2.24) is 0 Å². The van der Waals surface area contributed by atoms with Gasteiger partial charge in [0.15, 0.2) is 11.5 Å². The van der Waals surface area contributed by atoms with Crippen molar-refractivity contribution in [1.29, 1.82) is 0 Å². The molecule has 5 nitrogen and oxygen atoms in total. The Bertz CT molecular complexity index is 949. The third-order valence-corrected chi connectivity index (χ3v) is 3.66. The molecule has 0 radical (unpaired) electrons. The minimum atomic E-state index is -0.499. The number of aryl methyl sites for hydroxylation is 2.